The van der Waals surface area contributed by atoms with Gasteiger partial charge in [0.1, 0.15) is 5.75 Å². The van der Waals surface area contributed by atoms with Crippen molar-refractivity contribution in [3.63, 3.8) is 0 Å². The third kappa shape index (κ3) is 3.54. The number of anilines is 1. The number of thiazole rings is 1. The van der Waals surface area contributed by atoms with Gasteiger partial charge < -0.3 is 4.74 Å². The zero-order valence-corrected chi connectivity index (χ0v) is 13.3. The molecular weight excluding hydrogens is 310 g/mol. The van der Waals surface area contributed by atoms with Crippen LogP contribution in [0.1, 0.15) is 17.3 Å². The van der Waals surface area contributed by atoms with E-state index in [1.165, 1.54) is 11.3 Å². The number of nitrogens with zero attached hydrogens (tertiary/aromatic N) is 2. The molecule has 23 heavy (non-hydrogen) atoms. The Morgan fingerprint density at radius 1 is 1.22 bits per heavy atom. The van der Waals surface area contributed by atoms with Gasteiger partial charge in [-0.1, -0.05) is 12.1 Å². The molecule has 0 radical (unpaired) electrons. The first kappa shape index (κ1) is 15.2. The molecular formula is C17H15N3O2S. The van der Waals surface area contributed by atoms with Crippen molar-refractivity contribution in [2.75, 3.05) is 11.9 Å². The lowest BCUT2D eigenvalue weighted by Gasteiger charge is -2.07. The van der Waals surface area contributed by atoms with Gasteiger partial charge in [-0.05, 0) is 31.2 Å². The smallest absolute Gasteiger partial charge is 0.257 e. The highest BCUT2D eigenvalue weighted by Crippen LogP contribution is 2.32. The number of carbonyl (C=O) groups excluding carboxylic acids is 1. The third-order valence-corrected chi connectivity index (χ3v) is 3.89. The summed E-state index contributed by atoms with van der Waals surface area (Å²) in [7, 11) is 0. The Morgan fingerprint density at radius 2 is 2.00 bits per heavy atom. The summed E-state index contributed by atoms with van der Waals surface area (Å²) in [5, 5.41) is 5.25. The molecule has 0 fully saturated rings. The van der Waals surface area contributed by atoms with Crippen molar-refractivity contribution in [2.45, 2.75) is 6.92 Å². The van der Waals surface area contributed by atoms with Crippen molar-refractivity contribution in [2.24, 2.45) is 0 Å². The summed E-state index contributed by atoms with van der Waals surface area (Å²) in [4.78, 5) is 20.5. The van der Waals surface area contributed by atoms with Crippen molar-refractivity contribution in [3.05, 3.63) is 59.7 Å². The minimum absolute atomic E-state index is 0.202. The van der Waals surface area contributed by atoms with E-state index in [9.17, 15) is 4.79 Å². The van der Waals surface area contributed by atoms with E-state index in [1.54, 1.807) is 24.5 Å². The Kier molecular flexibility index (Phi) is 4.63. The molecule has 0 aliphatic rings. The van der Waals surface area contributed by atoms with Crippen LogP contribution in [0.3, 0.4) is 0 Å². The van der Waals surface area contributed by atoms with Crippen LogP contribution in [0.2, 0.25) is 0 Å². The maximum atomic E-state index is 12.1. The van der Waals surface area contributed by atoms with Gasteiger partial charge in [0.2, 0.25) is 0 Å². The second-order valence-electron chi connectivity index (χ2n) is 4.66. The molecule has 0 bridgehead atoms. The number of amides is 1. The molecule has 1 aromatic carbocycles. The molecule has 1 amide bonds. The number of ether oxygens (including phenoxy) is 1. The molecule has 0 aliphatic heterocycles. The van der Waals surface area contributed by atoms with E-state index < -0.39 is 0 Å². The van der Waals surface area contributed by atoms with Crippen LogP contribution in [-0.4, -0.2) is 22.5 Å². The monoisotopic (exact) mass is 325 g/mol. The van der Waals surface area contributed by atoms with Gasteiger partial charge in [-0.25, -0.2) is 4.98 Å². The molecule has 0 aliphatic carbocycles. The molecule has 0 spiro atoms. The molecule has 2 heterocycles. The van der Waals surface area contributed by atoms with Crippen molar-refractivity contribution in [1.82, 2.24) is 9.97 Å². The lowest BCUT2D eigenvalue weighted by Crippen LogP contribution is -2.11. The number of para-hydroxylation sites is 1. The highest BCUT2D eigenvalue weighted by molar-refractivity contribution is 7.14. The Bertz CT molecular complexity index is 802. The summed E-state index contributed by atoms with van der Waals surface area (Å²) < 4.78 is 5.62. The topological polar surface area (TPSA) is 64.1 Å². The van der Waals surface area contributed by atoms with Gasteiger partial charge in [0.05, 0.1) is 12.3 Å². The number of nitrogens with one attached hydrogen (secondary N) is 1. The van der Waals surface area contributed by atoms with E-state index in [2.05, 4.69) is 15.3 Å². The zero-order chi connectivity index (χ0) is 16.1. The first-order valence-electron chi connectivity index (χ1n) is 7.17. The summed E-state index contributed by atoms with van der Waals surface area (Å²) in [6, 6.07) is 11.0. The van der Waals surface area contributed by atoms with Crippen LogP contribution in [0.15, 0.2) is 54.2 Å². The largest absolute Gasteiger partial charge is 0.493 e. The van der Waals surface area contributed by atoms with Gasteiger partial charge in [-0.3, -0.25) is 15.1 Å². The zero-order valence-electron chi connectivity index (χ0n) is 12.5. The number of benzene rings is 1. The van der Waals surface area contributed by atoms with Gasteiger partial charge in [-0.15, -0.1) is 11.3 Å². The molecule has 6 heteroatoms. The molecule has 3 aromatic rings. The van der Waals surface area contributed by atoms with Crippen molar-refractivity contribution >= 4 is 22.4 Å². The van der Waals surface area contributed by atoms with Crippen molar-refractivity contribution < 1.29 is 9.53 Å². The van der Waals surface area contributed by atoms with Crippen LogP contribution in [0.4, 0.5) is 5.13 Å². The Labute approximate surface area is 138 Å². The summed E-state index contributed by atoms with van der Waals surface area (Å²) in [5.41, 5.74) is 2.24. The second-order valence-corrected chi connectivity index (χ2v) is 5.52. The Morgan fingerprint density at radius 3 is 2.78 bits per heavy atom. The fourth-order valence-corrected chi connectivity index (χ4v) is 2.79. The van der Waals surface area contributed by atoms with E-state index in [4.69, 9.17) is 4.74 Å². The van der Waals surface area contributed by atoms with Gasteiger partial charge in [0.25, 0.3) is 5.91 Å². The molecule has 0 saturated heterocycles. The average molecular weight is 325 g/mol. The van der Waals surface area contributed by atoms with Gasteiger partial charge in [0, 0.05) is 28.9 Å². The first-order chi connectivity index (χ1) is 11.3. The van der Waals surface area contributed by atoms with E-state index >= 15 is 0 Å². The molecule has 1 N–H and O–H groups in total. The minimum Gasteiger partial charge on any atom is -0.493 e. The van der Waals surface area contributed by atoms with Crippen LogP contribution in [0.5, 0.6) is 5.75 Å². The van der Waals surface area contributed by atoms with Crippen molar-refractivity contribution in [3.8, 4) is 17.0 Å². The lowest BCUT2D eigenvalue weighted by molar-refractivity contribution is 0.102. The maximum absolute atomic E-state index is 12.1. The minimum atomic E-state index is -0.202. The van der Waals surface area contributed by atoms with Gasteiger partial charge in [-0.2, -0.15) is 0 Å². The van der Waals surface area contributed by atoms with Crippen molar-refractivity contribution in [1.29, 1.82) is 0 Å². The molecule has 0 unspecified atom stereocenters. The van der Waals surface area contributed by atoms with Crippen LogP contribution in [0.25, 0.3) is 11.3 Å². The highest BCUT2D eigenvalue weighted by Gasteiger charge is 2.12. The quantitative estimate of drug-likeness (QED) is 0.774. The average Bonchev–Trinajstić information content (AvgIpc) is 3.05. The summed E-state index contributed by atoms with van der Waals surface area (Å²) in [6.07, 6.45) is 3.17. The van der Waals surface area contributed by atoms with Gasteiger partial charge >= 0.3 is 0 Å². The summed E-state index contributed by atoms with van der Waals surface area (Å²) in [6.45, 7) is 2.53. The maximum Gasteiger partial charge on any atom is 0.257 e. The standard InChI is InChI=1S/C17H15N3O2S/c1-2-22-15-6-4-3-5-13(15)14-11-23-17(19-14)20-16(21)12-7-9-18-10-8-12/h3-11H,2H2,1H3,(H,19,20,21). The number of aromatic nitrogens is 2. The predicted octanol–water partition coefficient (Wildman–Crippen LogP) is 3.86. The van der Waals surface area contributed by atoms with Crippen LogP contribution >= 0.6 is 11.3 Å². The lowest BCUT2D eigenvalue weighted by atomic mass is 10.1. The number of hydrogen-bond acceptors (Lipinski definition) is 5. The predicted molar refractivity (Wildman–Crippen MR) is 90.9 cm³/mol. The number of pyridine rings is 1. The van der Waals surface area contributed by atoms with E-state index in [1.807, 2.05) is 36.6 Å². The van der Waals surface area contributed by atoms with Crippen LogP contribution in [0, 0.1) is 0 Å². The highest BCUT2D eigenvalue weighted by atomic mass is 32.1. The normalized spacial score (nSPS) is 10.3. The molecule has 0 saturated carbocycles. The molecule has 3 rings (SSSR count). The third-order valence-electron chi connectivity index (χ3n) is 3.13. The van der Waals surface area contributed by atoms with E-state index in [0.29, 0.717) is 17.3 Å². The SMILES string of the molecule is CCOc1ccccc1-c1csc(NC(=O)c2ccncc2)n1. The van der Waals surface area contributed by atoms with Crippen LogP contribution in [-0.2, 0) is 0 Å². The van der Waals surface area contributed by atoms with E-state index in [-0.39, 0.29) is 5.91 Å². The van der Waals surface area contributed by atoms with Gasteiger partial charge in [0.15, 0.2) is 5.13 Å². The molecule has 0 atom stereocenters. The summed E-state index contributed by atoms with van der Waals surface area (Å²) in [5.74, 6) is 0.582. The Balaban J connectivity index is 1.80. The number of carbonyl (C=O) groups is 1. The number of hydrogen-bond donors (Lipinski definition) is 1. The fraction of sp³-hybridized carbons (Fsp3) is 0.118. The summed E-state index contributed by atoms with van der Waals surface area (Å²) >= 11 is 1.38. The van der Waals surface area contributed by atoms with Crippen LogP contribution < -0.4 is 10.1 Å². The Hall–Kier alpha value is -2.73. The fourth-order valence-electron chi connectivity index (χ4n) is 2.09. The second kappa shape index (κ2) is 7.02. The molecule has 5 nitrogen and oxygen atoms in total. The van der Waals surface area contributed by atoms with E-state index in [0.717, 1.165) is 17.0 Å². The first-order valence-corrected chi connectivity index (χ1v) is 8.05. The molecule has 2 aromatic heterocycles. The molecule has 116 valence electrons. The number of rotatable bonds is 5.